The molecule has 0 aliphatic rings. The molecule has 1 rings (SSSR count). The number of nitrogens with one attached hydrogen (secondary N) is 1. The minimum atomic E-state index is -4.09. The molecule has 98 valence electrons. The van der Waals surface area contributed by atoms with Crippen molar-refractivity contribution in [2.24, 2.45) is 5.84 Å². The predicted molar refractivity (Wildman–Crippen MR) is 63.7 cm³/mol. The van der Waals surface area contributed by atoms with Gasteiger partial charge in [0, 0.05) is 17.3 Å². The van der Waals surface area contributed by atoms with Crippen molar-refractivity contribution in [2.75, 3.05) is 0 Å². The molecule has 6 heteroatoms. The highest BCUT2D eigenvalue weighted by molar-refractivity contribution is 7.09. The lowest BCUT2D eigenvalue weighted by Gasteiger charge is -2.16. The number of thiophene rings is 1. The molecule has 0 saturated carbocycles. The largest absolute Gasteiger partial charge is 0.389 e. The van der Waals surface area contributed by atoms with E-state index in [-0.39, 0.29) is 12.5 Å². The van der Waals surface area contributed by atoms with Crippen LogP contribution in [0.4, 0.5) is 13.2 Å². The van der Waals surface area contributed by atoms with Crippen molar-refractivity contribution in [3.05, 3.63) is 22.4 Å². The molecule has 0 fully saturated rings. The van der Waals surface area contributed by atoms with Gasteiger partial charge >= 0.3 is 6.18 Å². The third-order valence-corrected chi connectivity index (χ3v) is 3.50. The third kappa shape index (κ3) is 6.65. The Balaban J connectivity index is 2.18. The Kier molecular flexibility index (Phi) is 5.94. The van der Waals surface area contributed by atoms with Gasteiger partial charge < -0.3 is 0 Å². The fourth-order valence-corrected chi connectivity index (χ4v) is 2.38. The van der Waals surface area contributed by atoms with Gasteiger partial charge in [-0.1, -0.05) is 6.07 Å². The van der Waals surface area contributed by atoms with E-state index in [0.717, 1.165) is 12.8 Å². The van der Waals surface area contributed by atoms with E-state index in [2.05, 4.69) is 5.43 Å². The first-order valence-corrected chi connectivity index (χ1v) is 6.44. The molecular weight excluding hydrogens is 249 g/mol. The van der Waals surface area contributed by atoms with E-state index in [4.69, 9.17) is 5.84 Å². The minimum absolute atomic E-state index is 0.0461. The van der Waals surface area contributed by atoms with E-state index in [1.165, 1.54) is 4.88 Å². The van der Waals surface area contributed by atoms with Crippen molar-refractivity contribution >= 4 is 11.3 Å². The first kappa shape index (κ1) is 14.5. The van der Waals surface area contributed by atoms with E-state index in [1.807, 2.05) is 17.5 Å². The molecule has 17 heavy (non-hydrogen) atoms. The summed E-state index contributed by atoms with van der Waals surface area (Å²) >= 11 is 1.67. The van der Waals surface area contributed by atoms with Gasteiger partial charge in [0.05, 0.1) is 0 Å². The summed E-state index contributed by atoms with van der Waals surface area (Å²) in [6.45, 7) is 0. The van der Waals surface area contributed by atoms with Crippen molar-refractivity contribution in [1.29, 1.82) is 0 Å². The predicted octanol–water partition coefficient (Wildman–Crippen LogP) is 3.25. The van der Waals surface area contributed by atoms with Crippen molar-refractivity contribution in [3.63, 3.8) is 0 Å². The summed E-state index contributed by atoms with van der Waals surface area (Å²) in [6, 6.07) is 3.75. The van der Waals surface area contributed by atoms with E-state index in [0.29, 0.717) is 6.42 Å². The average molecular weight is 266 g/mol. The van der Waals surface area contributed by atoms with E-state index < -0.39 is 12.6 Å². The Hall–Kier alpha value is -0.590. The SMILES string of the molecule is NNC(CCCc1cccs1)CCC(F)(F)F. The molecule has 0 aliphatic carbocycles. The first-order chi connectivity index (χ1) is 8.01. The molecule has 0 radical (unpaired) electrons. The summed E-state index contributed by atoms with van der Waals surface area (Å²) in [5, 5.41) is 2.00. The average Bonchev–Trinajstić information content (AvgIpc) is 2.74. The van der Waals surface area contributed by atoms with Crippen molar-refractivity contribution in [2.45, 2.75) is 44.3 Å². The highest BCUT2D eigenvalue weighted by atomic mass is 32.1. The number of alkyl halides is 3. The zero-order chi connectivity index (χ0) is 12.7. The fraction of sp³-hybridized carbons (Fsp3) is 0.636. The summed E-state index contributed by atoms with van der Waals surface area (Å²) in [7, 11) is 0. The number of nitrogens with two attached hydrogens (primary N) is 1. The molecule has 0 aromatic carbocycles. The van der Waals surface area contributed by atoms with Crippen molar-refractivity contribution < 1.29 is 13.2 Å². The highest BCUT2D eigenvalue weighted by Crippen LogP contribution is 2.23. The topological polar surface area (TPSA) is 38.0 Å². The standard InChI is InChI=1S/C11H17F3N2S/c12-11(13,14)7-6-9(16-15)3-1-4-10-5-2-8-17-10/h2,5,8-9,16H,1,3-4,6-7,15H2. The Morgan fingerprint density at radius 3 is 2.65 bits per heavy atom. The van der Waals surface area contributed by atoms with Gasteiger partial charge in [-0.3, -0.25) is 11.3 Å². The van der Waals surface area contributed by atoms with Crippen molar-refractivity contribution in [3.8, 4) is 0 Å². The maximum Gasteiger partial charge on any atom is 0.389 e. The lowest BCUT2D eigenvalue weighted by molar-refractivity contribution is -0.136. The third-order valence-electron chi connectivity index (χ3n) is 2.57. The number of hydrogen-bond acceptors (Lipinski definition) is 3. The molecule has 0 saturated heterocycles. The summed E-state index contributed by atoms with van der Waals surface area (Å²) in [5.41, 5.74) is 2.46. The van der Waals surface area contributed by atoms with Crippen LogP contribution >= 0.6 is 11.3 Å². The Bertz CT molecular complexity index is 298. The number of aryl methyl sites for hydroxylation is 1. The Morgan fingerprint density at radius 2 is 2.12 bits per heavy atom. The molecule has 3 N–H and O–H groups in total. The van der Waals surface area contributed by atoms with Crippen LogP contribution in [0.1, 0.15) is 30.6 Å². The number of hydrogen-bond donors (Lipinski definition) is 2. The Labute approximate surface area is 103 Å². The quantitative estimate of drug-likeness (QED) is 0.587. The summed E-state index contributed by atoms with van der Waals surface area (Å²) < 4.78 is 36.1. The second-order valence-electron chi connectivity index (χ2n) is 3.99. The monoisotopic (exact) mass is 266 g/mol. The second kappa shape index (κ2) is 6.98. The number of hydrazine groups is 1. The number of rotatable bonds is 7. The molecule has 0 spiro atoms. The molecule has 1 atom stereocenters. The molecule has 0 aliphatic heterocycles. The van der Waals surface area contributed by atoms with Gasteiger partial charge in [0.15, 0.2) is 0 Å². The number of halogens is 3. The van der Waals surface area contributed by atoms with Crippen LogP contribution in [0.3, 0.4) is 0 Å². The van der Waals surface area contributed by atoms with Crippen LogP contribution in [-0.2, 0) is 6.42 Å². The van der Waals surface area contributed by atoms with Crippen LogP contribution in [0.15, 0.2) is 17.5 Å². The zero-order valence-corrected chi connectivity index (χ0v) is 10.3. The summed E-state index contributed by atoms with van der Waals surface area (Å²) in [5.74, 6) is 5.25. The van der Waals surface area contributed by atoms with Gasteiger partial charge in [0.25, 0.3) is 0 Å². The van der Waals surface area contributed by atoms with E-state index in [9.17, 15) is 13.2 Å². The zero-order valence-electron chi connectivity index (χ0n) is 9.46. The molecule has 0 amide bonds. The first-order valence-electron chi connectivity index (χ1n) is 5.56. The normalized spacial score (nSPS) is 13.9. The second-order valence-corrected chi connectivity index (χ2v) is 5.02. The van der Waals surface area contributed by atoms with Crippen LogP contribution in [0, 0.1) is 0 Å². The lowest BCUT2D eigenvalue weighted by Crippen LogP contribution is -2.36. The summed E-state index contributed by atoms with van der Waals surface area (Å²) in [6.07, 6.45) is -2.40. The van der Waals surface area contributed by atoms with Crippen LogP contribution in [0.5, 0.6) is 0 Å². The van der Waals surface area contributed by atoms with Crippen LogP contribution in [0.2, 0.25) is 0 Å². The van der Waals surface area contributed by atoms with Gasteiger partial charge in [-0.15, -0.1) is 11.3 Å². The van der Waals surface area contributed by atoms with E-state index >= 15 is 0 Å². The Morgan fingerprint density at radius 1 is 1.35 bits per heavy atom. The fourth-order valence-electron chi connectivity index (χ4n) is 1.63. The molecule has 1 heterocycles. The van der Waals surface area contributed by atoms with Gasteiger partial charge in [-0.05, 0) is 37.1 Å². The van der Waals surface area contributed by atoms with Crippen molar-refractivity contribution in [1.82, 2.24) is 5.43 Å². The minimum Gasteiger partial charge on any atom is -0.271 e. The van der Waals surface area contributed by atoms with Gasteiger partial charge in [-0.25, -0.2) is 0 Å². The van der Waals surface area contributed by atoms with Gasteiger partial charge in [0.1, 0.15) is 0 Å². The lowest BCUT2D eigenvalue weighted by atomic mass is 10.0. The molecular formula is C11H17F3N2S. The smallest absolute Gasteiger partial charge is 0.271 e. The van der Waals surface area contributed by atoms with Crippen LogP contribution < -0.4 is 11.3 Å². The van der Waals surface area contributed by atoms with Gasteiger partial charge in [-0.2, -0.15) is 13.2 Å². The maximum atomic E-state index is 12.0. The molecule has 1 unspecified atom stereocenters. The van der Waals surface area contributed by atoms with Gasteiger partial charge in [0.2, 0.25) is 0 Å². The highest BCUT2D eigenvalue weighted by Gasteiger charge is 2.27. The molecule has 1 aromatic heterocycles. The molecule has 2 nitrogen and oxygen atoms in total. The van der Waals surface area contributed by atoms with Crippen LogP contribution in [-0.4, -0.2) is 12.2 Å². The molecule has 1 aromatic rings. The summed E-state index contributed by atoms with van der Waals surface area (Å²) in [4.78, 5) is 1.26. The maximum absolute atomic E-state index is 12.0. The van der Waals surface area contributed by atoms with E-state index in [1.54, 1.807) is 11.3 Å². The van der Waals surface area contributed by atoms with Crippen LogP contribution in [0.25, 0.3) is 0 Å². The molecule has 0 bridgehead atoms.